The molecule has 2 aromatic rings. The fraction of sp³-hybridized carbons (Fsp3) is 0.429. The van der Waals surface area contributed by atoms with Crippen LogP contribution in [0.4, 0.5) is 0 Å². The van der Waals surface area contributed by atoms with Crippen molar-refractivity contribution in [1.29, 1.82) is 0 Å². The molecule has 1 aromatic carbocycles. The second kappa shape index (κ2) is 7.62. The molecule has 3 rings (SSSR count). The maximum absolute atomic E-state index is 12.4. The van der Waals surface area contributed by atoms with Gasteiger partial charge in [-0.25, -0.2) is 0 Å². The maximum atomic E-state index is 12.4. The minimum atomic E-state index is -0.176. The van der Waals surface area contributed by atoms with Crippen molar-refractivity contribution in [3.8, 4) is 5.75 Å². The Labute approximate surface area is 158 Å². The molecule has 0 radical (unpaired) electrons. The normalized spacial score (nSPS) is 17.3. The number of ether oxygens (including phenoxy) is 1. The van der Waals surface area contributed by atoms with Crippen LogP contribution in [-0.4, -0.2) is 18.3 Å². The van der Waals surface area contributed by atoms with E-state index in [0.717, 1.165) is 16.0 Å². The van der Waals surface area contributed by atoms with Crippen LogP contribution in [0.15, 0.2) is 29.6 Å². The van der Waals surface area contributed by atoms with E-state index >= 15 is 0 Å². The fourth-order valence-electron chi connectivity index (χ4n) is 3.62. The van der Waals surface area contributed by atoms with Crippen LogP contribution in [-0.2, 0) is 4.79 Å². The van der Waals surface area contributed by atoms with Gasteiger partial charge in [-0.3, -0.25) is 9.59 Å². The largest absolute Gasteiger partial charge is 0.483 e. The third-order valence-electron chi connectivity index (χ3n) is 4.88. The van der Waals surface area contributed by atoms with E-state index < -0.39 is 0 Å². The Balaban J connectivity index is 1.70. The van der Waals surface area contributed by atoms with Gasteiger partial charge >= 0.3 is 0 Å². The summed E-state index contributed by atoms with van der Waals surface area (Å²) < 4.78 is 5.75. The van der Waals surface area contributed by atoms with Gasteiger partial charge in [-0.1, -0.05) is 32.9 Å². The highest BCUT2D eigenvalue weighted by Crippen LogP contribution is 2.40. The molecule has 0 saturated heterocycles. The minimum absolute atomic E-state index is 0.0310. The molecule has 0 unspecified atom stereocenters. The quantitative estimate of drug-likeness (QED) is 0.805. The summed E-state index contributed by atoms with van der Waals surface area (Å²) in [6.07, 6.45) is 0.510. The summed E-state index contributed by atoms with van der Waals surface area (Å²) in [7, 11) is 0. The zero-order valence-corrected chi connectivity index (χ0v) is 16.5. The number of rotatable bonds is 6. The number of carbonyl (C=O) groups is 2. The molecule has 2 atom stereocenters. The van der Waals surface area contributed by atoms with Gasteiger partial charge in [0.2, 0.25) is 0 Å². The van der Waals surface area contributed by atoms with Crippen LogP contribution < -0.4 is 10.1 Å². The zero-order chi connectivity index (χ0) is 18.8. The monoisotopic (exact) mass is 371 g/mol. The molecule has 0 bridgehead atoms. The number of thiophene rings is 1. The predicted octanol–water partition coefficient (Wildman–Crippen LogP) is 4.64. The molecule has 0 aliphatic heterocycles. The standard InChI is InChI=1S/C21H25NO3S/c1-12(2)21(17-6-5-9-26-17)22-18(24)11-25-16-8-7-13(3)19-14(4)10-15(23)20(16)19/h5-9,12,14,21H,10-11H2,1-4H3,(H,22,24)/t14-,21+/m0/s1. The first kappa shape index (κ1) is 18.6. The van der Waals surface area contributed by atoms with Crippen LogP contribution in [0.5, 0.6) is 5.75 Å². The molecule has 138 valence electrons. The van der Waals surface area contributed by atoms with Crippen molar-refractivity contribution in [1.82, 2.24) is 5.32 Å². The van der Waals surface area contributed by atoms with Crippen molar-refractivity contribution in [3.05, 3.63) is 51.2 Å². The smallest absolute Gasteiger partial charge is 0.258 e. The van der Waals surface area contributed by atoms with Gasteiger partial charge in [0.15, 0.2) is 12.4 Å². The minimum Gasteiger partial charge on any atom is -0.483 e. The summed E-state index contributed by atoms with van der Waals surface area (Å²) in [5.74, 6) is 0.935. The van der Waals surface area contributed by atoms with Gasteiger partial charge in [-0.05, 0) is 47.4 Å². The molecule has 1 N–H and O–H groups in total. The maximum Gasteiger partial charge on any atom is 0.258 e. The number of carbonyl (C=O) groups excluding carboxylic acids is 2. The SMILES string of the molecule is Cc1ccc(OCC(=O)N[C@@H](c2cccs2)C(C)C)c2c1[C@@H](C)CC2=O. The Hall–Kier alpha value is -2.14. The molecule has 0 spiro atoms. The zero-order valence-electron chi connectivity index (χ0n) is 15.7. The lowest BCUT2D eigenvalue weighted by Crippen LogP contribution is -2.34. The second-order valence-corrected chi connectivity index (χ2v) is 8.27. The van der Waals surface area contributed by atoms with Crippen LogP contribution in [0.2, 0.25) is 0 Å². The van der Waals surface area contributed by atoms with E-state index in [1.165, 1.54) is 0 Å². The van der Waals surface area contributed by atoms with Crippen molar-refractivity contribution in [3.63, 3.8) is 0 Å². The van der Waals surface area contributed by atoms with Crippen molar-refractivity contribution in [2.24, 2.45) is 5.92 Å². The summed E-state index contributed by atoms with van der Waals surface area (Å²) in [4.78, 5) is 25.9. The Morgan fingerprint density at radius 3 is 2.77 bits per heavy atom. The molecule has 5 heteroatoms. The number of aryl methyl sites for hydroxylation is 1. The van der Waals surface area contributed by atoms with Crippen LogP contribution in [0, 0.1) is 12.8 Å². The summed E-state index contributed by atoms with van der Waals surface area (Å²) in [6, 6.07) is 7.75. The Morgan fingerprint density at radius 1 is 1.35 bits per heavy atom. The Morgan fingerprint density at radius 2 is 2.12 bits per heavy atom. The molecule has 1 aromatic heterocycles. The molecule has 4 nitrogen and oxygen atoms in total. The van der Waals surface area contributed by atoms with Crippen LogP contribution in [0.3, 0.4) is 0 Å². The van der Waals surface area contributed by atoms with Crippen LogP contribution in [0.1, 0.15) is 65.5 Å². The van der Waals surface area contributed by atoms with E-state index in [0.29, 0.717) is 17.7 Å². The number of amides is 1. The summed E-state index contributed by atoms with van der Waals surface area (Å²) >= 11 is 1.63. The topological polar surface area (TPSA) is 55.4 Å². The van der Waals surface area contributed by atoms with Gasteiger partial charge in [0.1, 0.15) is 5.75 Å². The van der Waals surface area contributed by atoms with E-state index in [1.54, 1.807) is 17.4 Å². The predicted molar refractivity (Wildman–Crippen MR) is 104 cm³/mol. The van der Waals surface area contributed by atoms with Gasteiger partial charge < -0.3 is 10.1 Å². The first-order chi connectivity index (χ1) is 12.4. The fourth-order valence-corrected chi connectivity index (χ4v) is 4.57. The molecule has 0 fully saturated rings. The number of ketones is 1. The third kappa shape index (κ3) is 3.68. The number of benzene rings is 1. The molecule has 1 aliphatic rings. The van der Waals surface area contributed by atoms with Gasteiger partial charge in [-0.2, -0.15) is 0 Å². The number of hydrogen-bond acceptors (Lipinski definition) is 4. The van der Waals surface area contributed by atoms with E-state index in [-0.39, 0.29) is 36.2 Å². The van der Waals surface area contributed by atoms with Crippen LogP contribution in [0.25, 0.3) is 0 Å². The van der Waals surface area contributed by atoms with E-state index in [4.69, 9.17) is 4.74 Å². The van der Waals surface area contributed by atoms with Gasteiger partial charge in [0.25, 0.3) is 5.91 Å². The Bertz CT molecular complexity index is 811. The molecular weight excluding hydrogens is 346 g/mol. The van der Waals surface area contributed by atoms with Crippen molar-refractivity contribution in [2.45, 2.75) is 46.1 Å². The highest BCUT2D eigenvalue weighted by atomic mass is 32.1. The van der Waals surface area contributed by atoms with E-state index in [9.17, 15) is 9.59 Å². The van der Waals surface area contributed by atoms with Crippen molar-refractivity contribution >= 4 is 23.0 Å². The molecule has 0 saturated carbocycles. The number of nitrogens with one attached hydrogen (secondary N) is 1. The van der Waals surface area contributed by atoms with E-state index in [1.807, 2.05) is 30.5 Å². The first-order valence-electron chi connectivity index (χ1n) is 9.00. The summed E-state index contributed by atoms with van der Waals surface area (Å²) in [5, 5.41) is 5.06. The van der Waals surface area contributed by atoms with Gasteiger partial charge in [0.05, 0.1) is 11.6 Å². The Kier molecular flexibility index (Phi) is 5.47. The lowest BCUT2D eigenvalue weighted by atomic mass is 9.97. The number of fused-ring (bicyclic) bond motifs is 1. The van der Waals surface area contributed by atoms with E-state index in [2.05, 4.69) is 26.1 Å². The highest BCUT2D eigenvalue weighted by Gasteiger charge is 2.31. The molecule has 26 heavy (non-hydrogen) atoms. The lowest BCUT2D eigenvalue weighted by Gasteiger charge is -2.21. The molecule has 1 amide bonds. The molecule has 1 heterocycles. The summed E-state index contributed by atoms with van der Waals surface area (Å²) in [6.45, 7) is 8.14. The van der Waals surface area contributed by atoms with Crippen molar-refractivity contribution < 1.29 is 14.3 Å². The molecule has 1 aliphatic carbocycles. The molecular formula is C21H25NO3S. The van der Waals surface area contributed by atoms with Crippen molar-refractivity contribution in [2.75, 3.05) is 6.61 Å². The number of Topliss-reactive ketones (excluding diaryl/α,β-unsaturated/α-hetero) is 1. The van der Waals surface area contributed by atoms with Crippen LogP contribution >= 0.6 is 11.3 Å². The summed E-state index contributed by atoms with van der Waals surface area (Å²) in [5.41, 5.74) is 2.82. The lowest BCUT2D eigenvalue weighted by molar-refractivity contribution is -0.124. The van der Waals surface area contributed by atoms with Gasteiger partial charge in [0, 0.05) is 11.3 Å². The number of hydrogen-bond donors (Lipinski definition) is 1. The highest BCUT2D eigenvalue weighted by molar-refractivity contribution is 7.10. The van der Waals surface area contributed by atoms with Gasteiger partial charge in [-0.15, -0.1) is 11.3 Å². The average molecular weight is 372 g/mol. The first-order valence-corrected chi connectivity index (χ1v) is 9.88. The third-order valence-corrected chi connectivity index (χ3v) is 5.84. The second-order valence-electron chi connectivity index (χ2n) is 7.29. The average Bonchev–Trinajstić information content (AvgIpc) is 3.21.